The molecule has 0 saturated carbocycles. The van der Waals surface area contributed by atoms with Crippen LogP contribution >= 0.6 is 34.2 Å². The van der Waals surface area contributed by atoms with Crippen molar-refractivity contribution in [1.82, 2.24) is 4.90 Å². The van der Waals surface area contributed by atoms with Crippen molar-refractivity contribution in [2.45, 2.75) is 18.9 Å². The smallest absolute Gasteiger partial charge is 0.326 e. The normalized spacial score (nSPS) is 19.0. The Morgan fingerprint density at radius 1 is 1.44 bits per heavy atom. The number of carbonyl (C=O) groups excluding carboxylic acids is 1. The number of likely N-dealkylation sites (tertiary alicyclic amines) is 1. The van der Waals surface area contributed by atoms with Gasteiger partial charge in [0.15, 0.2) is 0 Å². The molecule has 0 bridgehead atoms. The number of carboxylic acids is 1. The Morgan fingerprint density at radius 2 is 2.17 bits per heavy atom. The van der Waals surface area contributed by atoms with Crippen LogP contribution < -0.4 is 0 Å². The minimum absolute atomic E-state index is 0.258. The molecule has 2 rings (SSSR count). The van der Waals surface area contributed by atoms with Gasteiger partial charge in [-0.1, -0.05) is 11.6 Å². The summed E-state index contributed by atoms with van der Waals surface area (Å²) in [5.41, 5.74) is 0.469. The van der Waals surface area contributed by atoms with Crippen molar-refractivity contribution in [3.8, 4) is 0 Å². The summed E-state index contributed by atoms with van der Waals surface area (Å²) in [7, 11) is 0. The Balaban J connectivity index is 2.31. The molecule has 0 aliphatic carbocycles. The first kappa shape index (κ1) is 13.6. The van der Waals surface area contributed by atoms with Crippen LogP contribution in [0.2, 0.25) is 5.02 Å². The molecule has 96 valence electrons. The van der Waals surface area contributed by atoms with Crippen molar-refractivity contribution in [2.24, 2.45) is 0 Å². The van der Waals surface area contributed by atoms with Crippen LogP contribution in [-0.4, -0.2) is 34.5 Å². The summed E-state index contributed by atoms with van der Waals surface area (Å²) in [4.78, 5) is 24.8. The molecule has 1 N–H and O–H groups in total. The molecule has 1 atom stereocenters. The molecule has 1 aliphatic heterocycles. The fraction of sp³-hybridized carbons (Fsp3) is 0.333. The molecule has 0 spiro atoms. The number of hydrogen-bond donors (Lipinski definition) is 1. The maximum absolute atomic E-state index is 12.3. The Labute approximate surface area is 123 Å². The maximum Gasteiger partial charge on any atom is 0.326 e. The molecule has 6 heteroatoms. The second kappa shape index (κ2) is 5.44. The number of carboxylic acid groups (broad SMARTS) is 1. The lowest BCUT2D eigenvalue weighted by Gasteiger charge is -2.22. The van der Waals surface area contributed by atoms with Crippen molar-refractivity contribution in [1.29, 1.82) is 0 Å². The van der Waals surface area contributed by atoms with E-state index in [1.54, 1.807) is 18.2 Å². The number of amides is 1. The molecule has 0 aromatic heterocycles. The summed E-state index contributed by atoms with van der Waals surface area (Å²) in [6.45, 7) is 0.485. The highest BCUT2D eigenvalue weighted by atomic mass is 127. The lowest BCUT2D eigenvalue weighted by Crippen LogP contribution is -2.40. The molecule has 1 saturated heterocycles. The van der Waals surface area contributed by atoms with Crippen LogP contribution in [0, 0.1) is 3.57 Å². The van der Waals surface area contributed by atoms with Gasteiger partial charge in [-0.25, -0.2) is 4.79 Å². The van der Waals surface area contributed by atoms with Crippen LogP contribution in [0.5, 0.6) is 0 Å². The predicted octanol–water partition coefficient (Wildman–Crippen LogP) is 2.63. The molecule has 0 radical (unpaired) electrons. The van der Waals surface area contributed by atoms with Gasteiger partial charge in [0, 0.05) is 15.1 Å². The third-order valence-electron chi connectivity index (χ3n) is 2.96. The van der Waals surface area contributed by atoms with E-state index in [4.69, 9.17) is 16.7 Å². The third-order valence-corrected chi connectivity index (χ3v) is 4.13. The quantitative estimate of drug-likeness (QED) is 0.804. The first-order valence-electron chi connectivity index (χ1n) is 5.49. The number of nitrogens with zero attached hydrogens (tertiary/aromatic N) is 1. The van der Waals surface area contributed by atoms with E-state index in [0.717, 1.165) is 9.99 Å². The summed E-state index contributed by atoms with van der Waals surface area (Å²) in [6, 6.07) is 4.33. The molecule has 1 unspecified atom stereocenters. The Bertz CT molecular complexity index is 506. The minimum Gasteiger partial charge on any atom is -0.480 e. The number of halogens is 2. The van der Waals surface area contributed by atoms with Crippen LogP contribution in [0.3, 0.4) is 0 Å². The number of benzene rings is 1. The zero-order valence-electron chi connectivity index (χ0n) is 9.40. The fourth-order valence-corrected chi connectivity index (χ4v) is 2.82. The van der Waals surface area contributed by atoms with Crippen LogP contribution in [0.1, 0.15) is 23.2 Å². The predicted molar refractivity (Wildman–Crippen MR) is 75.9 cm³/mol. The van der Waals surface area contributed by atoms with Crippen LogP contribution in [0.25, 0.3) is 0 Å². The van der Waals surface area contributed by atoms with E-state index in [1.165, 1.54) is 4.90 Å². The van der Waals surface area contributed by atoms with Crippen molar-refractivity contribution >= 4 is 46.1 Å². The van der Waals surface area contributed by atoms with Crippen molar-refractivity contribution in [3.63, 3.8) is 0 Å². The summed E-state index contributed by atoms with van der Waals surface area (Å²) < 4.78 is 0.776. The average molecular weight is 380 g/mol. The molecule has 1 amide bonds. The van der Waals surface area contributed by atoms with Gasteiger partial charge in [-0.05, 0) is 53.6 Å². The van der Waals surface area contributed by atoms with E-state index < -0.39 is 12.0 Å². The van der Waals surface area contributed by atoms with Crippen molar-refractivity contribution in [2.75, 3.05) is 6.54 Å². The first-order chi connectivity index (χ1) is 8.50. The highest BCUT2D eigenvalue weighted by molar-refractivity contribution is 14.1. The van der Waals surface area contributed by atoms with Crippen LogP contribution in [0.15, 0.2) is 18.2 Å². The number of aliphatic carboxylic acids is 1. The fourth-order valence-electron chi connectivity index (χ4n) is 2.08. The van der Waals surface area contributed by atoms with E-state index in [2.05, 4.69) is 0 Å². The summed E-state index contributed by atoms with van der Waals surface area (Å²) in [5.74, 6) is -1.20. The minimum atomic E-state index is -0.946. The molecule has 1 heterocycles. The first-order valence-corrected chi connectivity index (χ1v) is 6.95. The highest BCUT2D eigenvalue weighted by Crippen LogP contribution is 2.24. The van der Waals surface area contributed by atoms with Gasteiger partial charge in [0.05, 0.1) is 5.56 Å². The summed E-state index contributed by atoms with van der Waals surface area (Å²) in [6.07, 6.45) is 1.23. The van der Waals surface area contributed by atoms with Gasteiger partial charge in [-0.15, -0.1) is 0 Å². The average Bonchev–Trinajstić information content (AvgIpc) is 2.80. The second-order valence-corrected chi connectivity index (χ2v) is 5.72. The van der Waals surface area contributed by atoms with Crippen molar-refractivity contribution in [3.05, 3.63) is 32.4 Å². The monoisotopic (exact) mass is 379 g/mol. The zero-order chi connectivity index (χ0) is 13.3. The number of hydrogen-bond acceptors (Lipinski definition) is 2. The third kappa shape index (κ3) is 2.61. The largest absolute Gasteiger partial charge is 0.480 e. The van der Waals surface area contributed by atoms with E-state index in [0.29, 0.717) is 23.6 Å². The van der Waals surface area contributed by atoms with E-state index in [1.807, 2.05) is 22.6 Å². The zero-order valence-corrected chi connectivity index (χ0v) is 12.3. The molecule has 1 aromatic rings. The number of carbonyl (C=O) groups is 2. The Morgan fingerprint density at radius 3 is 2.83 bits per heavy atom. The Kier molecular flexibility index (Phi) is 4.11. The van der Waals surface area contributed by atoms with Gasteiger partial charge in [0.2, 0.25) is 0 Å². The summed E-state index contributed by atoms with van der Waals surface area (Å²) >= 11 is 7.93. The topological polar surface area (TPSA) is 57.6 Å². The molecule has 1 aliphatic rings. The van der Waals surface area contributed by atoms with Crippen LogP contribution in [-0.2, 0) is 4.79 Å². The van der Waals surface area contributed by atoms with Crippen LogP contribution in [0.4, 0.5) is 0 Å². The molecule has 1 fully saturated rings. The standard InChI is InChI=1S/C12H11ClINO3/c13-7-3-4-9(14)8(6-7)11(16)15-5-1-2-10(15)12(17)18/h3-4,6,10H,1-2,5H2,(H,17,18). The van der Waals surface area contributed by atoms with E-state index in [9.17, 15) is 9.59 Å². The van der Waals surface area contributed by atoms with E-state index in [-0.39, 0.29) is 5.91 Å². The molecule has 18 heavy (non-hydrogen) atoms. The summed E-state index contributed by atoms with van der Waals surface area (Å²) in [5, 5.41) is 9.56. The molecular formula is C12H11ClINO3. The Hall–Kier alpha value is -0.820. The van der Waals surface area contributed by atoms with Gasteiger partial charge in [0.1, 0.15) is 6.04 Å². The highest BCUT2D eigenvalue weighted by Gasteiger charge is 2.34. The van der Waals surface area contributed by atoms with Crippen molar-refractivity contribution < 1.29 is 14.7 Å². The van der Waals surface area contributed by atoms with Gasteiger partial charge in [0.25, 0.3) is 5.91 Å². The lowest BCUT2D eigenvalue weighted by atomic mass is 10.1. The molecule has 4 nitrogen and oxygen atoms in total. The molecular weight excluding hydrogens is 368 g/mol. The van der Waals surface area contributed by atoms with E-state index >= 15 is 0 Å². The maximum atomic E-state index is 12.3. The second-order valence-electron chi connectivity index (χ2n) is 4.12. The van der Waals surface area contributed by atoms with Gasteiger partial charge >= 0.3 is 5.97 Å². The molecule has 1 aromatic carbocycles. The lowest BCUT2D eigenvalue weighted by molar-refractivity contribution is -0.141. The van der Waals surface area contributed by atoms with Gasteiger partial charge in [-0.2, -0.15) is 0 Å². The number of rotatable bonds is 2. The van der Waals surface area contributed by atoms with Gasteiger partial charge < -0.3 is 10.0 Å². The SMILES string of the molecule is O=C(O)C1CCCN1C(=O)c1cc(Cl)ccc1I. The van der Waals surface area contributed by atoms with Gasteiger partial charge in [-0.3, -0.25) is 4.79 Å².